The van der Waals surface area contributed by atoms with Gasteiger partial charge in [0, 0.05) is 12.1 Å². The number of nitrogens with two attached hydrogens (primary N) is 1. The van der Waals surface area contributed by atoms with Crippen LogP contribution in [-0.4, -0.2) is 35.0 Å². The summed E-state index contributed by atoms with van der Waals surface area (Å²) < 4.78 is 13.5. The van der Waals surface area contributed by atoms with E-state index < -0.39 is 24.2 Å². The molecule has 0 saturated heterocycles. The van der Waals surface area contributed by atoms with Gasteiger partial charge in [0.2, 0.25) is 5.91 Å². The average molecular weight is 265 g/mol. The summed E-state index contributed by atoms with van der Waals surface area (Å²) in [4.78, 5) is 22.7. The fraction of sp³-hybridized carbons (Fsp3) is 0.250. The quantitative estimate of drug-likeness (QED) is 0.756. The van der Waals surface area contributed by atoms with Gasteiger partial charge in [0.1, 0.15) is 5.82 Å². The minimum atomic E-state index is -1.15. The Hall–Kier alpha value is -2.46. The van der Waals surface area contributed by atoms with Crippen molar-refractivity contribution < 1.29 is 19.1 Å². The van der Waals surface area contributed by atoms with Gasteiger partial charge in [0.05, 0.1) is 24.7 Å². The molecule has 1 aromatic carbocycles. The predicted octanol–water partition coefficient (Wildman–Crippen LogP) is 0.0693. The first kappa shape index (κ1) is 14.6. The minimum Gasteiger partial charge on any atom is -0.480 e. The van der Waals surface area contributed by atoms with Crippen molar-refractivity contribution in [3.05, 3.63) is 35.1 Å². The maximum atomic E-state index is 13.5. The molecule has 0 aliphatic rings. The fourth-order valence-corrected chi connectivity index (χ4v) is 1.59. The molecule has 0 radical (unpaired) electrons. The van der Waals surface area contributed by atoms with E-state index in [2.05, 4.69) is 0 Å². The first-order valence-corrected chi connectivity index (χ1v) is 5.33. The van der Waals surface area contributed by atoms with E-state index in [9.17, 15) is 14.0 Å². The summed E-state index contributed by atoms with van der Waals surface area (Å²) in [7, 11) is 0. The van der Waals surface area contributed by atoms with E-state index in [1.807, 2.05) is 6.07 Å². The van der Waals surface area contributed by atoms with Gasteiger partial charge >= 0.3 is 5.97 Å². The molecule has 0 fully saturated rings. The normalized spacial score (nSPS) is 10.2. The number of rotatable bonds is 6. The molecule has 0 aliphatic carbocycles. The Morgan fingerprint density at radius 1 is 1.42 bits per heavy atom. The van der Waals surface area contributed by atoms with E-state index in [0.29, 0.717) is 0 Å². The third-order valence-corrected chi connectivity index (χ3v) is 2.31. The van der Waals surface area contributed by atoms with Crippen molar-refractivity contribution in [2.75, 3.05) is 13.1 Å². The van der Waals surface area contributed by atoms with E-state index in [0.717, 1.165) is 6.07 Å². The number of nitriles is 1. The molecule has 0 aliphatic heterocycles. The molecule has 1 amide bonds. The second-order valence-electron chi connectivity index (χ2n) is 3.92. The van der Waals surface area contributed by atoms with Crippen LogP contribution >= 0.6 is 0 Å². The molecule has 0 heterocycles. The van der Waals surface area contributed by atoms with Gasteiger partial charge in [-0.3, -0.25) is 14.5 Å². The lowest BCUT2D eigenvalue weighted by atomic mass is 10.1. The van der Waals surface area contributed by atoms with Gasteiger partial charge in [0.25, 0.3) is 0 Å². The van der Waals surface area contributed by atoms with E-state index >= 15 is 0 Å². The minimum absolute atomic E-state index is 0.114. The molecule has 0 spiro atoms. The van der Waals surface area contributed by atoms with E-state index in [4.69, 9.17) is 16.1 Å². The van der Waals surface area contributed by atoms with Gasteiger partial charge in [-0.15, -0.1) is 0 Å². The number of nitrogens with zero attached hydrogens (tertiary/aromatic N) is 2. The molecule has 1 aromatic rings. The van der Waals surface area contributed by atoms with Crippen LogP contribution in [0.15, 0.2) is 18.2 Å². The number of aliphatic carboxylic acids is 1. The van der Waals surface area contributed by atoms with Crippen molar-refractivity contribution in [2.45, 2.75) is 6.54 Å². The molecule has 0 aromatic heterocycles. The van der Waals surface area contributed by atoms with Gasteiger partial charge in [-0.1, -0.05) is 0 Å². The molecule has 0 saturated carbocycles. The molecule has 1 rings (SSSR count). The lowest BCUT2D eigenvalue weighted by Gasteiger charge is -2.18. The van der Waals surface area contributed by atoms with Gasteiger partial charge in [-0.05, 0) is 18.2 Å². The summed E-state index contributed by atoms with van der Waals surface area (Å²) in [6, 6.07) is 5.60. The van der Waals surface area contributed by atoms with Gasteiger partial charge in [-0.25, -0.2) is 4.39 Å². The summed E-state index contributed by atoms with van der Waals surface area (Å²) >= 11 is 0. The number of benzene rings is 1. The Kier molecular flexibility index (Phi) is 4.97. The highest BCUT2D eigenvalue weighted by Crippen LogP contribution is 2.12. The highest BCUT2D eigenvalue weighted by atomic mass is 19.1. The number of carbonyl (C=O) groups is 2. The van der Waals surface area contributed by atoms with Crippen LogP contribution in [0, 0.1) is 17.1 Å². The van der Waals surface area contributed by atoms with Crippen LogP contribution in [-0.2, 0) is 16.1 Å². The molecule has 0 bridgehead atoms. The Labute approximate surface area is 108 Å². The monoisotopic (exact) mass is 265 g/mol. The number of amides is 1. The first-order valence-electron chi connectivity index (χ1n) is 5.33. The summed E-state index contributed by atoms with van der Waals surface area (Å²) in [5.74, 6) is -2.44. The molecule has 6 nitrogen and oxygen atoms in total. The van der Waals surface area contributed by atoms with Crippen LogP contribution in [0.3, 0.4) is 0 Å². The Bertz CT molecular complexity index is 524. The summed E-state index contributed by atoms with van der Waals surface area (Å²) in [5.41, 5.74) is 5.39. The third kappa shape index (κ3) is 4.73. The highest BCUT2D eigenvalue weighted by molar-refractivity contribution is 5.77. The number of hydrogen-bond donors (Lipinski definition) is 2. The SMILES string of the molecule is N#Cc1ccc(F)c(CN(CC(N)=O)CC(=O)O)c1. The fourth-order valence-electron chi connectivity index (χ4n) is 1.59. The van der Waals surface area contributed by atoms with E-state index in [-0.39, 0.29) is 24.2 Å². The zero-order chi connectivity index (χ0) is 14.4. The molecule has 0 unspecified atom stereocenters. The van der Waals surface area contributed by atoms with Crippen LogP contribution in [0.25, 0.3) is 0 Å². The first-order chi connectivity index (χ1) is 8.92. The van der Waals surface area contributed by atoms with E-state index in [1.165, 1.54) is 17.0 Å². The van der Waals surface area contributed by atoms with Crippen LogP contribution < -0.4 is 5.73 Å². The van der Waals surface area contributed by atoms with Crippen molar-refractivity contribution in [1.29, 1.82) is 5.26 Å². The molecular weight excluding hydrogens is 253 g/mol. The van der Waals surface area contributed by atoms with Crippen molar-refractivity contribution >= 4 is 11.9 Å². The Morgan fingerprint density at radius 3 is 2.63 bits per heavy atom. The second kappa shape index (κ2) is 6.47. The van der Waals surface area contributed by atoms with Crippen molar-refractivity contribution in [2.24, 2.45) is 5.73 Å². The largest absolute Gasteiger partial charge is 0.480 e. The second-order valence-corrected chi connectivity index (χ2v) is 3.92. The topological polar surface area (TPSA) is 107 Å². The lowest BCUT2D eigenvalue weighted by molar-refractivity contribution is -0.138. The van der Waals surface area contributed by atoms with Crippen molar-refractivity contribution in [1.82, 2.24) is 4.90 Å². The van der Waals surface area contributed by atoms with Crippen LogP contribution in [0.2, 0.25) is 0 Å². The summed E-state index contributed by atoms with van der Waals surface area (Å²) in [6.45, 7) is -0.863. The zero-order valence-electron chi connectivity index (χ0n) is 9.97. The number of hydrogen-bond acceptors (Lipinski definition) is 4. The highest BCUT2D eigenvalue weighted by Gasteiger charge is 2.15. The molecule has 0 atom stereocenters. The summed E-state index contributed by atoms with van der Waals surface area (Å²) in [6.07, 6.45) is 0. The smallest absolute Gasteiger partial charge is 0.317 e. The Morgan fingerprint density at radius 2 is 2.11 bits per heavy atom. The van der Waals surface area contributed by atoms with Gasteiger partial charge < -0.3 is 10.8 Å². The number of carbonyl (C=O) groups excluding carboxylic acids is 1. The van der Waals surface area contributed by atoms with E-state index in [1.54, 1.807) is 0 Å². The number of halogens is 1. The average Bonchev–Trinajstić information content (AvgIpc) is 2.30. The molecule has 100 valence electrons. The van der Waals surface area contributed by atoms with Gasteiger partial charge in [-0.2, -0.15) is 5.26 Å². The molecular formula is C12H12FN3O3. The maximum absolute atomic E-state index is 13.5. The molecule has 7 heteroatoms. The predicted molar refractivity (Wildman–Crippen MR) is 63.2 cm³/mol. The van der Waals surface area contributed by atoms with Crippen LogP contribution in [0.1, 0.15) is 11.1 Å². The Balaban J connectivity index is 2.91. The summed E-state index contributed by atoms with van der Waals surface area (Å²) in [5, 5.41) is 17.4. The maximum Gasteiger partial charge on any atom is 0.317 e. The van der Waals surface area contributed by atoms with Gasteiger partial charge in [0.15, 0.2) is 0 Å². The zero-order valence-corrected chi connectivity index (χ0v) is 9.97. The third-order valence-electron chi connectivity index (χ3n) is 2.31. The lowest BCUT2D eigenvalue weighted by Crippen LogP contribution is -2.37. The van der Waals surface area contributed by atoms with Crippen LogP contribution in [0.4, 0.5) is 4.39 Å². The number of primary amides is 1. The van der Waals surface area contributed by atoms with Crippen molar-refractivity contribution in [3.8, 4) is 6.07 Å². The number of carboxylic acid groups (broad SMARTS) is 1. The van der Waals surface area contributed by atoms with Crippen LogP contribution in [0.5, 0.6) is 0 Å². The van der Waals surface area contributed by atoms with Crippen molar-refractivity contribution in [3.63, 3.8) is 0 Å². The standard InChI is InChI=1S/C12H12FN3O3/c13-10-2-1-8(4-14)3-9(10)5-16(6-11(15)17)7-12(18)19/h1-3H,5-7H2,(H2,15,17)(H,18,19). The molecule has 3 N–H and O–H groups in total. The number of carboxylic acids is 1. The molecule has 19 heavy (non-hydrogen) atoms.